The summed E-state index contributed by atoms with van der Waals surface area (Å²) in [6.45, 7) is 13.0. The Labute approximate surface area is 189 Å². The molecular weight excluding hydrogens is 403 g/mol. The van der Waals surface area contributed by atoms with Gasteiger partial charge in [-0.15, -0.1) is 0 Å². The summed E-state index contributed by atoms with van der Waals surface area (Å²) in [7, 11) is 0. The molecule has 0 radical (unpaired) electrons. The van der Waals surface area contributed by atoms with Crippen molar-refractivity contribution >= 4 is 5.91 Å². The van der Waals surface area contributed by atoms with E-state index in [1.165, 1.54) is 25.7 Å². The Hall–Kier alpha value is -0.800. The van der Waals surface area contributed by atoms with Gasteiger partial charge in [-0.05, 0) is 26.3 Å². The number of rotatable bonds is 23. The maximum atomic E-state index is 14.0. The molecule has 0 saturated heterocycles. The third-order valence-corrected chi connectivity index (χ3v) is 5.02. The standard InChI is InChI=1S/C23H47FN2O5/c1-5-7-8-9-10-25-11-12-28-13-14-29-15-16-30-17-18-31-21(4)22(24)19-26-23(27)20(3)6-2/h20-22,25H,5-19H2,1-4H3,(H,26,27). The summed E-state index contributed by atoms with van der Waals surface area (Å²) in [5.41, 5.74) is 0. The van der Waals surface area contributed by atoms with Gasteiger partial charge in [-0.25, -0.2) is 4.39 Å². The molecule has 0 spiro atoms. The van der Waals surface area contributed by atoms with E-state index >= 15 is 0 Å². The predicted molar refractivity (Wildman–Crippen MR) is 122 cm³/mol. The van der Waals surface area contributed by atoms with Crippen LogP contribution < -0.4 is 10.6 Å². The Morgan fingerprint density at radius 2 is 1.45 bits per heavy atom. The molecule has 0 aromatic rings. The number of unbranched alkanes of at least 4 members (excludes halogenated alkanes) is 3. The molecule has 7 nitrogen and oxygen atoms in total. The number of halogens is 1. The first-order valence-corrected chi connectivity index (χ1v) is 12.0. The van der Waals surface area contributed by atoms with Crippen molar-refractivity contribution in [3.63, 3.8) is 0 Å². The normalized spacial score (nSPS) is 14.4. The lowest BCUT2D eigenvalue weighted by Crippen LogP contribution is -2.38. The lowest BCUT2D eigenvalue weighted by atomic mass is 10.1. The molecule has 0 fully saturated rings. The van der Waals surface area contributed by atoms with Gasteiger partial charge in [-0.1, -0.05) is 40.0 Å². The molecule has 8 heteroatoms. The summed E-state index contributed by atoms with van der Waals surface area (Å²) in [6, 6.07) is 0. The van der Waals surface area contributed by atoms with Gasteiger partial charge in [0.25, 0.3) is 0 Å². The molecule has 0 saturated carbocycles. The second kappa shape index (κ2) is 22.4. The molecule has 0 bridgehead atoms. The predicted octanol–water partition coefficient (Wildman–Crippen LogP) is 3.11. The molecule has 2 N–H and O–H groups in total. The van der Waals surface area contributed by atoms with Gasteiger partial charge in [0.2, 0.25) is 5.91 Å². The summed E-state index contributed by atoms with van der Waals surface area (Å²) < 4.78 is 35.8. The highest BCUT2D eigenvalue weighted by molar-refractivity contribution is 5.78. The molecule has 0 aliphatic rings. The molecule has 0 heterocycles. The number of hydrogen-bond acceptors (Lipinski definition) is 6. The van der Waals surface area contributed by atoms with E-state index in [4.69, 9.17) is 18.9 Å². The molecule has 31 heavy (non-hydrogen) atoms. The Kier molecular flexibility index (Phi) is 21.8. The molecule has 3 atom stereocenters. The van der Waals surface area contributed by atoms with E-state index in [1.807, 2.05) is 13.8 Å². The molecule has 0 rings (SSSR count). The summed E-state index contributed by atoms with van der Waals surface area (Å²) in [4.78, 5) is 11.7. The maximum absolute atomic E-state index is 14.0. The van der Waals surface area contributed by atoms with Crippen LogP contribution in [0.1, 0.15) is 59.8 Å². The van der Waals surface area contributed by atoms with Gasteiger partial charge in [0.15, 0.2) is 0 Å². The highest BCUT2D eigenvalue weighted by Gasteiger charge is 2.19. The number of ether oxygens (including phenoxy) is 4. The van der Waals surface area contributed by atoms with E-state index in [0.29, 0.717) is 46.2 Å². The molecule has 1 amide bonds. The molecule has 3 unspecified atom stereocenters. The second-order valence-electron chi connectivity index (χ2n) is 7.79. The maximum Gasteiger partial charge on any atom is 0.222 e. The number of carbonyl (C=O) groups excluding carboxylic acids is 1. The zero-order valence-corrected chi connectivity index (χ0v) is 20.3. The van der Waals surface area contributed by atoms with Crippen molar-refractivity contribution in [3.8, 4) is 0 Å². The molecule has 0 aromatic carbocycles. The molecule has 186 valence electrons. The van der Waals surface area contributed by atoms with Gasteiger partial charge >= 0.3 is 0 Å². The van der Waals surface area contributed by atoms with Crippen molar-refractivity contribution in [2.75, 3.05) is 65.9 Å². The van der Waals surface area contributed by atoms with Crippen molar-refractivity contribution in [2.45, 2.75) is 72.1 Å². The quantitative estimate of drug-likeness (QED) is 0.233. The van der Waals surface area contributed by atoms with Gasteiger partial charge in [0.05, 0.1) is 58.9 Å². The first kappa shape index (κ1) is 30.2. The summed E-state index contributed by atoms with van der Waals surface area (Å²) >= 11 is 0. The van der Waals surface area contributed by atoms with Crippen LogP contribution in [0.5, 0.6) is 0 Å². The molecular formula is C23H47FN2O5. The first-order chi connectivity index (χ1) is 15.0. The fourth-order valence-electron chi connectivity index (χ4n) is 2.61. The van der Waals surface area contributed by atoms with E-state index in [2.05, 4.69) is 17.6 Å². The fraction of sp³-hybridized carbons (Fsp3) is 0.957. The number of carbonyl (C=O) groups is 1. The van der Waals surface area contributed by atoms with Crippen LogP contribution in [0.3, 0.4) is 0 Å². The molecule has 0 aliphatic heterocycles. The number of nitrogens with one attached hydrogen (secondary N) is 2. The van der Waals surface area contributed by atoms with Crippen LogP contribution >= 0.6 is 0 Å². The minimum atomic E-state index is -1.24. The minimum Gasteiger partial charge on any atom is -0.378 e. The van der Waals surface area contributed by atoms with Gasteiger partial charge in [-0.3, -0.25) is 4.79 Å². The average Bonchev–Trinajstić information content (AvgIpc) is 2.78. The number of amides is 1. The van der Waals surface area contributed by atoms with E-state index in [-0.39, 0.29) is 18.4 Å². The van der Waals surface area contributed by atoms with Crippen molar-refractivity contribution in [1.82, 2.24) is 10.6 Å². The van der Waals surface area contributed by atoms with E-state index < -0.39 is 12.3 Å². The van der Waals surface area contributed by atoms with Crippen LogP contribution in [0, 0.1) is 5.92 Å². The highest BCUT2D eigenvalue weighted by Crippen LogP contribution is 2.05. The zero-order chi connectivity index (χ0) is 23.2. The van der Waals surface area contributed by atoms with Crippen LogP contribution in [0.2, 0.25) is 0 Å². The van der Waals surface area contributed by atoms with Crippen LogP contribution in [0.25, 0.3) is 0 Å². The average molecular weight is 451 g/mol. The van der Waals surface area contributed by atoms with Crippen molar-refractivity contribution in [1.29, 1.82) is 0 Å². The van der Waals surface area contributed by atoms with Crippen LogP contribution in [-0.4, -0.2) is 84.1 Å². The first-order valence-electron chi connectivity index (χ1n) is 12.0. The van der Waals surface area contributed by atoms with Gasteiger partial charge in [0, 0.05) is 12.5 Å². The summed E-state index contributed by atoms with van der Waals surface area (Å²) in [5.74, 6) is -0.228. The smallest absolute Gasteiger partial charge is 0.222 e. The number of hydrogen-bond donors (Lipinski definition) is 2. The van der Waals surface area contributed by atoms with E-state index in [0.717, 1.165) is 19.5 Å². The van der Waals surface area contributed by atoms with Crippen LogP contribution in [0.4, 0.5) is 4.39 Å². The lowest BCUT2D eigenvalue weighted by molar-refractivity contribution is -0.125. The highest BCUT2D eigenvalue weighted by atomic mass is 19.1. The Bertz CT molecular complexity index is 404. The van der Waals surface area contributed by atoms with Crippen molar-refractivity contribution in [2.24, 2.45) is 5.92 Å². The van der Waals surface area contributed by atoms with E-state index in [1.54, 1.807) is 6.92 Å². The second-order valence-corrected chi connectivity index (χ2v) is 7.79. The minimum absolute atomic E-state index is 0.0316. The Morgan fingerprint density at radius 1 is 0.839 bits per heavy atom. The zero-order valence-electron chi connectivity index (χ0n) is 20.3. The SMILES string of the molecule is CCCCCCNCCOCCOCCOCCOC(C)C(F)CNC(=O)C(C)CC. The van der Waals surface area contributed by atoms with Crippen molar-refractivity contribution in [3.05, 3.63) is 0 Å². The van der Waals surface area contributed by atoms with Gasteiger partial charge < -0.3 is 29.6 Å². The third kappa shape index (κ3) is 19.6. The Balaban J connectivity index is 3.34. The monoisotopic (exact) mass is 450 g/mol. The Morgan fingerprint density at radius 3 is 2.06 bits per heavy atom. The summed E-state index contributed by atoms with van der Waals surface area (Å²) in [6.07, 6.45) is 3.99. The van der Waals surface area contributed by atoms with Crippen LogP contribution in [0.15, 0.2) is 0 Å². The van der Waals surface area contributed by atoms with Crippen molar-refractivity contribution < 1.29 is 28.1 Å². The number of alkyl halides is 1. The van der Waals surface area contributed by atoms with Gasteiger partial charge in [-0.2, -0.15) is 0 Å². The third-order valence-electron chi connectivity index (χ3n) is 5.02. The van der Waals surface area contributed by atoms with E-state index in [9.17, 15) is 9.18 Å². The largest absolute Gasteiger partial charge is 0.378 e. The summed E-state index contributed by atoms with van der Waals surface area (Å²) in [5, 5.41) is 5.99. The lowest BCUT2D eigenvalue weighted by Gasteiger charge is -2.19. The molecule has 0 aliphatic carbocycles. The fourth-order valence-corrected chi connectivity index (χ4v) is 2.61. The topological polar surface area (TPSA) is 78.1 Å². The van der Waals surface area contributed by atoms with Crippen LogP contribution in [-0.2, 0) is 23.7 Å². The molecule has 0 aromatic heterocycles. The van der Waals surface area contributed by atoms with Gasteiger partial charge in [0.1, 0.15) is 6.17 Å².